The first-order valence-electron chi connectivity index (χ1n) is 10.7. The average molecular weight is 356 g/mol. The molecule has 0 aromatic heterocycles. The van der Waals surface area contributed by atoms with Crippen LogP contribution in [0.2, 0.25) is 0 Å². The number of rotatable bonds is 1. The molecule has 0 N–H and O–H groups in total. The normalized spacial score (nSPS) is 23.1. The third-order valence-electron chi connectivity index (χ3n) is 5.41. The van der Waals surface area contributed by atoms with Crippen LogP contribution in [-0.4, -0.2) is 74.0 Å². The Hall–Kier alpha value is -0.610. The third-order valence-corrected chi connectivity index (χ3v) is 5.41. The van der Waals surface area contributed by atoms with Crippen LogP contribution in [0.1, 0.15) is 67.2 Å². The van der Waals surface area contributed by atoms with E-state index in [1.807, 2.05) is 41.5 Å². The van der Waals surface area contributed by atoms with E-state index in [0.717, 1.165) is 39.0 Å². The first kappa shape index (κ1) is 24.4. The van der Waals surface area contributed by atoms with Crippen molar-refractivity contribution < 1.29 is 4.79 Å². The Morgan fingerprint density at radius 1 is 0.760 bits per heavy atom. The van der Waals surface area contributed by atoms with Crippen LogP contribution >= 0.6 is 0 Å². The molecule has 0 aromatic rings. The molecule has 3 rings (SSSR count). The molecule has 1 amide bonds. The Kier molecular flexibility index (Phi) is 12.4. The van der Waals surface area contributed by atoms with Crippen LogP contribution in [0.4, 0.5) is 0 Å². The highest BCUT2D eigenvalue weighted by molar-refractivity contribution is 5.79. The number of carbonyl (C=O) groups is 1. The molecule has 3 heterocycles. The number of carbonyl (C=O) groups excluding carboxylic acids is 1. The van der Waals surface area contributed by atoms with Crippen molar-refractivity contribution >= 4 is 5.91 Å². The summed E-state index contributed by atoms with van der Waals surface area (Å²) in [5.74, 6) is 0.741. The van der Waals surface area contributed by atoms with Crippen molar-refractivity contribution in [3.05, 3.63) is 0 Å². The van der Waals surface area contributed by atoms with Gasteiger partial charge in [0.2, 0.25) is 5.91 Å². The van der Waals surface area contributed by atoms with E-state index in [2.05, 4.69) is 28.8 Å². The lowest BCUT2D eigenvalue weighted by Gasteiger charge is -2.53. The van der Waals surface area contributed by atoms with Crippen molar-refractivity contribution in [2.45, 2.75) is 67.2 Å². The molecule has 0 radical (unpaired) electrons. The minimum absolute atomic E-state index is 0.300. The van der Waals surface area contributed by atoms with Crippen molar-refractivity contribution in [3.63, 3.8) is 0 Å². The van der Waals surface area contributed by atoms with Gasteiger partial charge >= 0.3 is 0 Å². The largest absolute Gasteiger partial charge is 0.342 e. The maximum Gasteiger partial charge on any atom is 0.225 e. The van der Waals surface area contributed by atoms with Crippen LogP contribution in [0.5, 0.6) is 0 Å². The molecule has 0 saturated carbocycles. The third kappa shape index (κ3) is 6.90. The Bertz CT molecular complexity index is 335. The van der Waals surface area contributed by atoms with Crippen molar-refractivity contribution in [2.75, 3.05) is 53.4 Å². The second kappa shape index (κ2) is 12.7. The molecule has 0 aliphatic carbocycles. The van der Waals surface area contributed by atoms with Crippen molar-refractivity contribution in [1.82, 2.24) is 14.7 Å². The number of likely N-dealkylation sites (tertiary alicyclic amines) is 3. The van der Waals surface area contributed by atoms with E-state index in [9.17, 15) is 4.79 Å². The van der Waals surface area contributed by atoms with Gasteiger partial charge in [-0.25, -0.2) is 0 Å². The van der Waals surface area contributed by atoms with Crippen LogP contribution in [0.25, 0.3) is 0 Å². The fourth-order valence-corrected chi connectivity index (χ4v) is 4.13. The van der Waals surface area contributed by atoms with Gasteiger partial charge in [0.25, 0.3) is 0 Å². The maximum absolute atomic E-state index is 12.5. The van der Waals surface area contributed by atoms with E-state index < -0.39 is 0 Å². The molecule has 3 fully saturated rings. The topological polar surface area (TPSA) is 26.8 Å². The molecule has 4 nitrogen and oxygen atoms in total. The molecule has 0 atom stereocenters. The summed E-state index contributed by atoms with van der Waals surface area (Å²) < 4.78 is 0. The van der Waals surface area contributed by atoms with Gasteiger partial charge in [0.1, 0.15) is 0 Å². The average Bonchev–Trinajstić information content (AvgIpc) is 2.66. The lowest BCUT2D eigenvalue weighted by Crippen LogP contribution is -2.59. The number of amides is 1. The van der Waals surface area contributed by atoms with E-state index in [1.165, 1.54) is 25.9 Å². The predicted molar refractivity (Wildman–Crippen MR) is 110 cm³/mol. The van der Waals surface area contributed by atoms with Crippen LogP contribution in [-0.2, 0) is 4.79 Å². The molecular formula is C21H45N3O. The Balaban J connectivity index is 0.000000871. The lowest BCUT2D eigenvalue weighted by molar-refractivity contribution is -0.141. The zero-order valence-corrected chi connectivity index (χ0v) is 18.4. The maximum atomic E-state index is 12.5. The Morgan fingerprint density at radius 2 is 1.20 bits per heavy atom. The molecule has 4 heteroatoms. The monoisotopic (exact) mass is 355 g/mol. The summed E-state index contributed by atoms with van der Waals surface area (Å²) in [6.45, 7) is 18.6. The molecule has 0 bridgehead atoms. The number of hydrogen-bond donors (Lipinski definition) is 0. The van der Waals surface area contributed by atoms with Crippen LogP contribution in [0.15, 0.2) is 0 Å². The fraction of sp³-hybridized carbons (Fsp3) is 0.952. The first-order chi connectivity index (χ1) is 12.1. The van der Waals surface area contributed by atoms with Crippen LogP contribution in [0, 0.1) is 11.3 Å². The minimum atomic E-state index is 0.300. The second-order valence-electron chi connectivity index (χ2n) is 7.08. The standard InChI is InChI=1S/C15H27N3O.3C2H6/c1-16-7-3-13(4-8-16)14(19)18-9-5-15(6-10-18)11-17(2)12-15;3*1-2/h13H,3-12H2,1-2H3;3*1-2H3. The number of nitrogens with zero attached hydrogens (tertiary/aromatic N) is 3. The number of piperidine rings is 2. The molecule has 3 aliphatic heterocycles. The molecule has 3 aliphatic rings. The minimum Gasteiger partial charge on any atom is -0.342 e. The summed E-state index contributed by atoms with van der Waals surface area (Å²) >= 11 is 0. The molecule has 0 aromatic carbocycles. The zero-order valence-electron chi connectivity index (χ0n) is 18.4. The fourth-order valence-electron chi connectivity index (χ4n) is 4.13. The summed E-state index contributed by atoms with van der Waals surface area (Å²) in [6, 6.07) is 0. The first-order valence-corrected chi connectivity index (χ1v) is 10.7. The summed E-state index contributed by atoms with van der Waals surface area (Å²) in [5.41, 5.74) is 0.554. The smallest absolute Gasteiger partial charge is 0.225 e. The van der Waals surface area contributed by atoms with Crippen molar-refractivity contribution in [1.29, 1.82) is 0 Å². The van der Waals surface area contributed by atoms with Gasteiger partial charge in [-0.05, 0) is 58.3 Å². The summed E-state index contributed by atoms with van der Waals surface area (Å²) in [6.07, 6.45) is 4.55. The van der Waals surface area contributed by atoms with Crippen molar-refractivity contribution in [2.24, 2.45) is 11.3 Å². The van der Waals surface area contributed by atoms with Gasteiger partial charge in [0, 0.05) is 32.1 Å². The molecule has 25 heavy (non-hydrogen) atoms. The summed E-state index contributed by atoms with van der Waals surface area (Å²) in [7, 11) is 4.35. The van der Waals surface area contributed by atoms with E-state index >= 15 is 0 Å². The zero-order chi connectivity index (χ0) is 19.5. The molecular weight excluding hydrogens is 310 g/mol. The van der Waals surface area contributed by atoms with Gasteiger partial charge in [-0.3, -0.25) is 4.79 Å². The molecule has 1 spiro atoms. The van der Waals surface area contributed by atoms with E-state index in [4.69, 9.17) is 0 Å². The Labute approximate surface area is 157 Å². The lowest BCUT2D eigenvalue weighted by atomic mass is 9.72. The van der Waals surface area contributed by atoms with Gasteiger partial charge in [0.05, 0.1) is 0 Å². The number of hydrogen-bond acceptors (Lipinski definition) is 3. The van der Waals surface area contributed by atoms with Crippen LogP contribution < -0.4 is 0 Å². The summed E-state index contributed by atoms with van der Waals surface area (Å²) in [4.78, 5) is 19.4. The van der Waals surface area contributed by atoms with Gasteiger partial charge in [0.15, 0.2) is 0 Å². The highest BCUT2D eigenvalue weighted by Crippen LogP contribution is 2.39. The van der Waals surface area contributed by atoms with E-state index in [1.54, 1.807) is 0 Å². The van der Waals surface area contributed by atoms with Gasteiger partial charge in [-0.1, -0.05) is 41.5 Å². The highest BCUT2D eigenvalue weighted by atomic mass is 16.2. The van der Waals surface area contributed by atoms with E-state index in [-0.39, 0.29) is 0 Å². The van der Waals surface area contributed by atoms with E-state index in [0.29, 0.717) is 17.2 Å². The highest BCUT2D eigenvalue weighted by Gasteiger charge is 2.44. The van der Waals surface area contributed by atoms with Gasteiger partial charge in [-0.2, -0.15) is 0 Å². The SMILES string of the molecule is CC.CC.CC.CN1CCC(C(=O)N2CCC3(CC2)CN(C)C3)CC1. The molecule has 3 saturated heterocycles. The summed E-state index contributed by atoms with van der Waals surface area (Å²) in [5, 5.41) is 0. The molecule has 150 valence electrons. The molecule has 0 unspecified atom stereocenters. The van der Waals surface area contributed by atoms with Crippen LogP contribution in [0.3, 0.4) is 0 Å². The predicted octanol–water partition coefficient (Wildman–Crippen LogP) is 3.96. The van der Waals surface area contributed by atoms with Gasteiger partial charge < -0.3 is 14.7 Å². The van der Waals surface area contributed by atoms with Crippen molar-refractivity contribution in [3.8, 4) is 0 Å². The van der Waals surface area contributed by atoms with Gasteiger partial charge in [-0.15, -0.1) is 0 Å². The second-order valence-corrected chi connectivity index (χ2v) is 7.08. The Morgan fingerprint density at radius 3 is 1.60 bits per heavy atom. The quantitative estimate of drug-likeness (QED) is 0.712.